The van der Waals surface area contributed by atoms with Crippen molar-refractivity contribution in [3.63, 3.8) is 0 Å². The molecule has 0 saturated carbocycles. The van der Waals surface area contributed by atoms with Crippen molar-refractivity contribution in [2.24, 2.45) is 5.92 Å². The molecule has 0 bridgehead atoms. The molecule has 2 aromatic carbocycles. The smallest absolute Gasteiger partial charge is 0.147 e. The Morgan fingerprint density at radius 1 is 0.714 bits per heavy atom. The van der Waals surface area contributed by atoms with E-state index in [0.717, 1.165) is 0 Å². The normalized spacial score (nSPS) is 19.9. The van der Waals surface area contributed by atoms with Crippen molar-refractivity contribution >= 4 is 37.3 Å². The standard InChI is InChI=1S/C20H21.C9H13.2CH3.2ClH.H2Si.Zr/c1-12-13(2)15(4)20(16(5)14(12)3)19-11-10-17-8-6-7-9-18(17)19;1-6-5-7(2)9(4)8(6)3;;;;;;/h6-11H,1-5H3;6H,1-4H3;2*1H3;2*1H;1H2;. The molecule has 4 rings (SSSR count). The van der Waals surface area contributed by atoms with Crippen LogP contribution in [0.5, 0.6) is 0 Å². The average Bonchev–Trinajstić information content (AvgIpc) is 3.24. The Bertz CT molecular complexity index is 1350. The van der Waals surface area contributed by atoms with E-state index in [4.69, 9.17) is 0 Å². The summed E-state index contributed by atoms with van der Waals surface area (Å²) in [5, 5.41) is 0. The minimum Gasteiger partial charge on any atom is -0.147 e. The number of fused-ring (bicyclic) bond motifs is 1. The number of rotatable bonds is 3. The van der Waals surface area contributed by atoms with Crippen molar-refractivity contribution in [3.05, 3.63) is 94.8 Å². The van der Waals surface area contributed by atoms with Crippen LogP contribution in [0, 0.1) is 40.5 Å². The van der Waals surface area contributed by atoms with Crippen molar-refractivity contribution in [1.29, 1.82) is 0 Å². The summed E-state index contributed by atoms with van der Waals surface area (Å²) in [6.07, 6.45) is 2.71. The molecular formula is C31H44Cl2SiZr. The summed E-state index contributed by atoms with van der Waals surface area (Å²) < 4.78 is 7.80. The number of hydrogen-bond donors (Lipinski definition) is 0. The van der Waals surface area contributed by atoms with Crippen LogP contribution in [0.2, 0.25) is 9.26 Å². The van der Waals surface area contributed by atoms with Crippen LogP contribution >= 0.6 is 24.8 Å². The van der Waals surface area contributed by atoms with Gasteiger partial charge in [0.1, 0.15) is 0 Å². The van der Waals surface area contributed by atoms with Gasteiger partial charge in [0, 0.05) is 0 Å². The maximum absolute atomic E-state index is 3.39. The summed E-state index contributed by atoms with van der Waals surface area (Å²) in [7, 11) is 0. The van der Waals surface area contributed by atoms with E-state index in [2.05, 4.69) is 109 Å². The molecule has 2 aliphatic rings. The van der Waals surface area contributed by atoms with Crippen LogP contribution in [-0.4, -0.2) is 6.88 Å². The van der Waals surface area contributed by atoms with E-state index in [9.17, 15) is 0 Å². The number of benzene rings is 2. The molecule has 0 spiro atoms. The Morgan fingerprint density at radius 3 is 1.69 bits per heavy atom. The van der Waals surface area contributed by atoms with Crippen molar-refractivity contribution in [2.45, 2.75) is 75.2 Å². The average molecular weight is 607 g/mol. The molecule has 0 N–H and O–H groups in total. The van der Waals surface area contributed by atoms with Gasteiger partial charge in [0.05, 0.1) is 0 Å². The molecule has 2 atom stereocenters. The van der Waals surface area contributed by atoms with Crippen LogP contribution in [0.15, 0.2) is 50.3 Å². The minimum absolute atomic E-state index is 0. The maximum atomic E-state index is 2.72. The van der Waals surface area contributed by atoms with Gasteiger partial charge in [-0.25, -0.2) is 0 Å². The van der Waals surface area contributed by atoms with Crippen molar-refractivity contribution in [3.8, 4) is 0 Å². The zero-order valence-corrected chi connectivity index (χ0v) is 29.1. The van der Waals surface area contributed by atoms with Gasteiger partial charge in [-0.2, -0.15) is 0 Å². The monoisotopic (exact) mass is 604 g/mol. The van der Waals surface area contributed by atoms with Gasteiger partial charge in [0.2, 0.25) is 0 Å². The van der Waals surface area contributed by atoms with Crippen molar-refractivity contribution in [2.75, 3.05) is 0 Å². The third-order valence-electron chi connectivity index (χ3n) is 9.71. The fraction of sp³-hybridized carbons (Fsp3) is 0.419. The van der Waals surface area contributed by atoms with Gasteiger partial charge < -0.3 is 0 Å². The molecule has 2 unspecified atom stereocenters. The van der Waals surface area contributed by atoms with Gasteiger partial charge in [0.25, 0.3) is 0 Å². The molecule has 0 aromatic heterocycles. The van der Waals surface area contributed by atoms with Gasteiger partial charge in [0.15, 0.2) is 0 Å². The van der Waals surface area contributed by atoms with Gasteiger partial charge in [-0.15, -0.1) is 24.8 Å². The van der Waals surface area contributed by atoms with Crippen LogP contribution in [0.25, 0.3) is 5.57 Å². The van der Waals surface area contributed by atoms with E-state index in [-0.39, 0.29) is 24.8 Å². The third kappa shape index (κ3) is 4.39. The molecule has 35 heavy (non-hydrogen) atoms. The predicted molar refractivity (Wildman–Crippen MR) is 161 cm³/mol. The van der Waals surface area contributed by atoms with E-state index >= 15 is 0 Å². The fourth-order valence-corrected chi connectivity index (χ4v) is 25.6. The van der Waals surface area contributed by atoms with E-state index < -0.39 is 17.4 Å². The Hall–Kier alpha value is -0.660. The molecule has 0 aliphatic heterocycles. The summed E-state index contributed by atoms with van der Waals surface area (Å²) in [4.78, 5) is 0. The van der Waals surface area contributed by atoms with Crippen LogP contribution in [0.4, 0.5) is 0 Å². The zero-order valence-electron chi connectivity index (χ0n) is 23.6. The predicted octanol–water partition coefficient (Wildman–Crippen LogP) is 9.15. The van der Waals surface area contributed by atoms with Gasteiger partial charge in [-0.1, -0.05) is 0 Å². The van der Waals surface area contributed by atoms with Crippen LogP contribution < -0.4 is 0 Å². The molecule has 0 radical (unpaired) electrons. The molecule has 4 heteroatoms. The molecule has 0 amide bonds. The molecule has 2 aromatic rings. The third-order valence-corrected chi connectivity index (χ3v) is 27.0. The fourth-order valence-electron chi connectivity index (χ4n) is 7.11. The maximum Gasteiger partial charge on any atom is -0.147 e. The summed E-state index contributed by atoms with van der Waals surface area (Å²) in [5.41, 5.74) is 18.0. The minimum atomic E-state index is -3.39. The first kappa shape index (κ1) is 30.6. The summed E-state index contributed by atoms with van der Waals surface area (Å²) in [6, 6.07) is 9.31. The van der Waals surface area contributed by atoms with E-state index in [0.29, 0.717) is 9.54 Å². The van der Waals surface area contributed by atoms with E-state index in [1.165, 1.54) is 44.5 Å². The topological polar surface area (TPSA) is 0 Å². The second-order valence-electron chi connectivity index (χ2n) is 12.0. The first-order valence-corrected chi connectivity index (χ1v) is 26.0. The number of allylic oxidation sites excluding steroid dienone is 5. The van der Waals surface area contributed by atoms with Gasteiger partial charge in [-0.3, -0.25) is 0 Å². The van der Waals surface area contributed by atoms with E-state index in [1.807, 2.05) is 3.28 Å². The summed E-state index contributed by atoms with van der Waals surface area (Å²) >= 11 is -3.39. The van der Waals surface area contributed by atoms with E-state index in [1.54, 1.807) is 22.3 Å². The Morgan fingerprint density at radius 2 is 1.20 bits per heavy atom. The molecule has 0 fully saturated rings. The number of halogens is 2. The number of hydrogen-bond acceptors (Lipinski definition) is 0. The zero-order chi connectivity index (χ0) is 24.6. The van der Waals surface area contributed by atoms with Crippen LogP contribution in [0.3, 0.4) is 0 Å². The molecule has 0 saturated heterocycles. The first-order chi connectivity index (χ1) is 15.2. The Labute approximate surface area is 229 Å². The van der Waals surface area contributed by atoms with Crippen LogP contribution in [0.1, 0.15) is 75.8 Å². The molecule has 0 heterocycles. The van der Waals surface area contributed by atoms with Crippen molar-refractivity contribution < 1.29 is 17.4 Å². The molecule has 0 nitrogen and oxygen atoms in total. The second-order valence-corrected chi connectivity index (χ2v) is 41.6. The molecule has 2 aliphatic carbocycles. The van der Waals surface area contributed by atoms with Crippen LogP contribution in [-0.2, 0) is 17.4 Å². The van der Waals surface area contributed by atoms with Gasteiger partial charge in [-0.05, 0) is 0 Å². The SMILES string of the molecule is CC1=C(C)C(C)[C]([Zr]([CH3])([CH3])(=[SiH2])[CH]2C=C(c3c(C)c(C)c(C)c(C)c3C)c3ccccc32)=C1C.Cl.Cl. The largest absolute Gasteiger partial charge is 0.147 e. The second kappa shape index (κ2) is 9.90. The molecule has 190 valence electrons. The van der Waals surface area contributed by atoms with Crippen molar-refractivity contribution in [1.82, 2.24) is 0 Å². The first-order valence-electron chi connectivity index (χ1n) is 12.5. The quantitative estimate of drug-likeness (QED) is 0.306. The Kier molecular flexibility index (Phi) is 8.65. The summed E-state index contributed by atoms with van der Waals surface area (Å²) in [6.45, 7) is 23.5. The van der Waals surface area contributed by atoms with Gasteiger partial charge >= 0.3 is 206 Å². The molecular weight excluding hydrogens is 563 g/mol. The Balaban J connectivity index is 0.00000216. The summed E-state index contributed by atoms with van der Waals surface area (Å²) in [5.74, 6) is 0.583.